The molecule has 0 spiro atoms. The van der Waals surface area contributed by atoms with Crippen molar-refractivity contribution in [3.8, 4) is 0 Å². The van der Waals surface area contributed by atoms with Crippen LogP contribution in [-0.4, -0.2) is 4.98 Å². The lowest BCUT2D eigenvalue weighted by atomic mass is 10.2. The van der Waals surface area contributed by atoms with E-state index in [-0.39, 0.29) is 5.82 Å². The summed E-state index contributed by atoms with van der Waals surface area (Å²) in [5.74, 6) is -0.249. The molecule has 1 heterocycles. The van der Waals surface area contributed by atoms with E-state index in [0.29, 0.717) is 16.9 Å². The molecule has 18 heavy (non-hydrogen) atoms. The van der Waals surface area contributed by atoms with Crippen LogP contribution < -0.4 is 5.32 Å². The summed E-state index contributed by atoms with van der Waals surface area (Å²) < 4.78 is 12.8. The van der Waals surface area contributed by atoms with Gasteiger partial charge in [0.1, 0.15) is 11.0 Å². The number of hydrogen-bond acceptors (Lipinski definition) is 2. The molecule has 0 saturated carbocycles. The third kappa shape index (κ3) is 3.12. The van der Waals surface area contributed by atoms with E-state index in [1.165, 1.54) is 12.1 Å². The Balaban J connectivity index is 2.13. The molecule has 0 aliphatic heterocycles. The summed E-state index contributed by atoms with van der Waals surface area (Å²) in [6.45, 7) is 2.44. The van der Waals surface area contributed by atoms with Crippen molar-refractivity contribution in [3.05, 3.63) is 57.6 Å². The van der Waals surface area contributed by atoms with Crippen LogP contribution in [0, 0.1) is 12.7 Å². The first-order valence-corrected chi connectivity index (χ1v) is 6.13. The predicted molar refractivity (Wildman–Crippen MR) is 72.7 cm³/mol. The van der Waals surface area contributed by atoms with Crippen molar-refractivity contribution < 1.29 is 4.39 Å². The summed E-state index contributed by atoms with van der Waals surface area (Å²) in [5.41, 5.74) is 2.62. The number of nitrogens with one attached hydrogen (secondary N) is 1. The minimum Gasteiger partial charge on any atom is -0.378 e. The molecule has 0 bridgehead atoms. The van der Waals surface area contributed by atoms with Crippen molar-refractivity contribution in [3.63, 3.8) is 0 Å². The van der Waals surface area contributed by atoms with Gasteiger partial charge in [0.2, 0.25) is 0 Å². The van der Waals surface area contributed by atoms with Crippen LogP contribution in [0.3, 0.4) is 0 Å². The molecule has 1 N–H and O–H groups in total. The van der Waals surface area contributed by atoms with Crippen LogP contribution in [0.5, 0.6) is 0 Å². The van der Waals surface area contributed by atoms with Crippen molar-refractivity contribution in [1.29, 1.82) is 0 Å². The van der Waals surface area contributed by atoms with Gasteiger partial charge in [-0.3, -0.25) is 0 Å². The van der Waals surface area contributed by atoms with Gasteiger partial charge in [-0.2, -0.15) is 0 Å². The first-order valence-electron chi connectivity index (χ1n) is 5.37. The zero-order valence-electron chi connectivity index (χ0n) is 9.67. The van der Waals surface area contributed by atoms with Gasteiger partial charge in [-0.15, -0.1) is 0 Å². The van der Waals surface area contributed by atoms with E-state index in [9.17, 15) is 4.39 Å². The highest BCUT2D eigenvalue weighted by Gasteiger charge is 2.07. The molecular formula is C13H11Cl2FN2. The van der Waals surface area contributed by atoms with Crippen LogP contribution >= 0.6 is 23.2 Å². The molecule has 1 aromatic carbocycles. The summed E-state index contributed by atoms with van der Waals surface area (Å²) in [4.78, 5) is 3.97. The summed E-state index contributed by atoms with van der Waals surface area (Å²) in [6.07, 6.45) is 0. The Kier molecular flexibility index (Phi) is 4.04. The third-order valence-corrected chi connectivity index (χ3v) is 2.99. The van der Waals surface area contributed by atoms with Crippen LogP contribution in [0.1, 0.15) is 11.1 Å². The van der Waals surface area contributed by atoms with Gasteiger partial charge in [-0.1, -0.05) is 35.3 Å². The molecule has 5 heteroatoms. The van der Waals surface area contributed by atoms with Crippen molar-refractivity contribution in [2.24, 2.45) is 0 Å². The lowest BCUT2D eigenvalue weighted by molar-refractivity contribution is 0.627. The van der Waals surface area contributed by atoms with Crippen LogP contribution in [-0.2, 0) is 6.54 Å². The van der Waals surface area contributed by atoms with E-state index in [2.05, 4.69) is 10.3 Å². The SMILES string of the molecule is Cc1cc(Cl)nc(Cl)c1NCc1ccc(F)cc1. The number of rotatable bonds is 3. The lowest BCUT2D eigenvalue weighted by Gasteiger charge is -2.11. The summed E-state index contributed by atoms with van der Waals surface area (Å²) >= 11 is 11.8. The maximum absolute atomic E-state index is 12.8. The van der Waals surface area contributed by atoms with E-state index < -0.39 is 0 Å². The number of nitrogens with zero attached hydrogens (tertiary/aromatic N) is 1. The number of aromatic nitrogens is 1. The molecule has 0 saturated heterocycles. The fraction of sp³-hybridized carbons (Fsp3) is 0.154. The second-order valence-electron chi connectivity index (χ2n) is 3.91. The zero-order valence-corrected chi connectivity index (χ0v) is 11.2. The molecule has 0 fully saturated rings. The van der Waals surface area contributed by atoms with Gasteiger partial charge in [0, 0.05) is 6.54 Å². The normalized spacial score (nSPS) is 10.4. The highest BCUT2D eigenvalue weighted by Crippen LogP contribution is 2.26. The number of hydrogen-bond donors (Lipinski definition) is 1. The van der Waals surface area contributed by atoms with Crippen LogP contribution in [0.15, 0.2) is 30.3 Å². The minimum atomic E-state index is -0.249. The number of pyridine rings is 1. The van der Waals surface area contributed by atoms with Crippen molar-refractivity contribution in [1.82, 2.24) is 4.98 Å². The van der Waals surface area contributed by atoms with Gasteiger partial charge in [-0.25, -0.2) is 9.37 Å². The Morgan fingerprint density at radius 1 is 1.22 bits per heavy atom. The summed E-state index contributed by atoms with van der Waals surface area (Å²) in [6, 6.07) is 8.02. The highest BCUT2D eigenvalue weighted by atomic mass is 35.5. The first kappa shape index (κ1) is 13.1. The van der Waals surface area contributed by atoms with E-state index in [4.69, 9.17) is 23.2 Å². The molecule has 1 aromatic heterocycles. The van der Waals surface area contributed by atoms with Gasteiger partial charge in [0.15, 0.2) is 5.15 Å². The second-order valence-corrected chi connectivity index (χ2v) is 4.65. The summed E-state index contributed by atoms with van der Waals surface area (Å²) in [5, 5.41) is 3.87. The molecule has 0 radical (unpaired) electrons. The largest absolute Gasteiger partial charge is 0.378 e. The summed E-state index contributed by atoms with van der Waals surface area (Å²) in [7, 11) is 0. The molecule has 2 rings (SSSR count). The Morgan fingerprint density at radius 3 is 2.50 bits per heavy atom. The molecule has 2 nitrogen and oxygen atoms in total. The topological polar surface area (TPSA) is 24.9 Å². The van der Waals surface area contributed by atoms with Crippen LogP contribution in [0.2, 0.25) is 10.3 Å². The Bertz CT molecular complexity index is 532. The number of halogens is 3. The van der Waals surface area contributed by atoms with Gasteiger partial charge in [-0.05, 0) is 36.2 Å². The Morgan fingerprint density at radius 2 is 1.89 bits per heavy atom. The fourth-order valence-electron chi connectivity index (χ4n) is 1.60. The smallest absolute Gasteiger partial charge is 0.154 e. The lowest BCUT2D eigenvalue weighted by Crippen LogP contribution is -2.03. The van der Waals surface area contributed by atoms with E-state index >= 15 is 0 Å². The average molecular weight is 285 g/mol. The zero-order chi connectivity index (χ0) is 13.1. The molecule has 0 atom stereocenters. The minimum absolute atomic E-state index is 0.249. The fourth-order valence-corrected chi connectivity index (χ4v) is 2.20. The average Bonchev–Trinajstić information content (AvgIpc) is 2.30. The Labute approximate surface area is 115 Å². The van der Waals surface area contributed by atoms with Gasteiger partial charge in [0.05, 0.1) is 5.69 Å². The van der Waals surface area contributed by atoms with Crippen molar-refractivity contribution in [2.75, 3.05) is 5.32 Å². The third-order valence-electron chi connectivity index (χ3n) is 2.52. The molecule has 0 aliphatic carbocycles. The first-order chi connectivity index (χ1) is 8.56. The molecule has 94 valence electrons. The second kappa shape index (κ2) is 5.55. The molecule has 0 aliphatic rings. The van der Waals surface area contributed by atoms with Crippen LogP contribution in [0.4, 0.5) is 10.1 Å². The van der Waals surface area contributed by atoms with Crippen molar-refractivity contribution in [2.45, 2.75) is 13.5 Å². The van der Waals surface area contributed by atoms with Gasteiger partial charge < -0.3 is 5.32 Å². The predicted octanol–water partition coefficient (Wildman–Crippen LogP) is 4.45. The van der Waals surface area contributed by atoms with E-state index in [1.807, 2.05) is 6.92 Å². The van der Waals surface area contributed by atoms with E-state index in [1.54, 1.807) is 18.2 Å². The number of benzene rings is 1. The standard InChI is InChI=1S/C13H11Cl2FN2/c1-8-6-11(14)18-13(15)12(8)17-7-9-2-4-10(16)5-3-9/h2-6,17H,7H2,1H3. The molecule has 2 aromatic rings. The molecule has 0 amide bonds. The van der Waals surface area contributed by atoms with Crippen molar-refractivity contribution >= 4 is 28.9 Å². The number of aryl methyl sites for hydroxylation is 1. The van der Waals surface area contributed by atoms with E-state index in [0.717, 1.165) is 16.8 Å². The number of anilines is 1. The quantitative estimate of drug-likeness (QED) is 0.843. The monoisotopic (exact) mass is 284 g/mol. The Hall–Kier alpha value is -1.32. The molecular weight excluding hydrogens is 274 g/mol. The highest BCUT2D eigenvalue weighted by molar-refractivity contribution is 6.34. The van der Waals surface area contributed by atoms with Gasteiger partial charge >= 0.3 is 0 Å². The molecule has 0 unspecified atom stereocenters. The maximum atomic E-state index is 12.8. The maximum Gasteiger partial charge on any atom is 0.154 e. The van der Waals surface area contributed by atoms with Crippen LogP contribution in [0.25, 0.3) is 0 Å². The van der Waals surface area contributed by atoms with Gasteiger partial charge in [0.25, 0.3) is 0 Å².